The van der Waals surface area contributed by atoms with Gasteiger partial charge in [0.05, 0.1) is 11.7 Å². The number of Topliss-reactive ketones (excluding diaryl/α,β-unsaturated/α-hetero) is 1. The summed E-state index contributed by atoms with van der Waals surface area (Å²) in [5, 5.41) is 0.157. The number of allylic oxidation sites excluding steroid dienone is 2. The van der Waals surface area contributed by atoms with Gasteiger partial charge in [0.15, 0.2) is 0 Å². The van der Waals surface area contributed by atoms with Gasteiger partial charge in [0, 0.05) is 6.42 Å². The maximum absolute atomic E-state index is 13.0. The fourth-order valence-corrected chi connectivity index (χ4v) is 5.07. The van der Waals surface area contributed by atoms with E-state index >= 15 is 0 Å². The Morgan fingerprint density at radius 3 is 2.17 bits per heavy atom. The van der Waals surface area contributed by atoms with Crippen LogP contribution in [0.5, 0.6) is 0 Å². The summed E-state index contributed by atoms with van der Waals surface area (Å²) < 4.78 is 6.74. The molecule has 24 heavy (non-hydrogen) atoms. The fraction of sp³-hybridized carbons (Fsp3) is 0.857. The topological polar surface area (TPSA) is 26.3 Å². The Kier molecular flexibility index (Phi) is 5.45. The molecule has 0 spiro atoms. The molecule has 0 heterocycles. The Balaban J connectivity index is 2.46. The molecular formula is C21H38O2Si. The molecule has 0 aliphatic heterocycles. The van der Waals surface area contributed by atoms with E-state index in [1.165, 1.54) is 12.8 Å². The predicted octanol–water partition coefficient (Wildman–Crippen LogP) is 6.33. The highest BCUT2D eigenvalue weighted by Crippen LogP contribution is 2.47. The lowest BCUT2D eigenvalue weighted by Gasteiger charge is -2.39. The van der Waals surface area contributed by atoms with Crippen molar-refractivity contribution in [1.82, 2.24) is 0 Å². The highest BCUT2D eigenvalue weighted by molar-refractivity contribution is 6.74. The summed E-state index contributed by atoms with van der Waals surface area (Å²) in [6.45, 7) is 18.3. The monoisotopic (exact) mass is 350 g/mol. The first-order chi connectivity index (χ1) is 10.8. The molecule has 0 unspecified atom stereocenters. The minimum Gasteiger partial charge on any atom is -0.546 e. The summed E-state index contributed by atoms with van der Waals surface area (Å²) in [6, 6.07) is 0. The Labute approximate surface area is 150 Å². The van der Waals surface area contributed by atoms with Gasteiger partial charge in [0.25, 0.3) is 0 Å². The van der Waals surface area contributed by atoms with Crippen molar-refractivity contribution in [1.29, 1.82) is 0 Å². The molecule has 138 valence electrons. The standard InChI is InChI=1S/C21H38O2Si/c1-20(2,3)17-14-19(23-24(7,8)21(4,5)6)16-12-10-9-11-15(17)13-18(16)22/h14-17H,9-13H2,1-8H3/t15-,16+,17-/m0/s1. The maximum atomic E-state index is 13.0. The van der Waals surface area contributed by atoms with Crippen molar-refractivity contribution in [2.45, 2.75) is 91.8 Å². The van der Waals surface area contributed by atoms with Crippen LogP contribution in [0.4, 0.5) is 0 Å². The van der Waals surface area contributed by atoms with Crippen LogP contribution in [0.25, 0.3) is 0 Å². The smallest absolute Gasteiger partial charge is 0.250 e. The van der Waals surface area contributed by atoms with Gasteiger partial charge in [-0.05, 0) is 54.3 Å². The van der Waals surface area contributed by atoms with Crippen molar-refractivity contribution in [3.63, 3.8) is 0 Å². The van der Waals surface area contributed by atoms with Crippen LogP contribution in [0, 0.1) is 23.2 Å². The van der Waals surface area contributed by atoms with Gasteiger partial charge in [-0.25, -0.2) is 0 Å². The van der Waals surface area contributed by atoms with E-state index in [-0.39, 0.29) is 16.4 Å². The molecular weight excluding hydrogens is 312 g/mol. The molecule has 2 bridgehead atoms. The normalized spacial score (nSPS) is 29.6. The molecule has 1 fully saturated rings. The van der Waals surface area contributed by atoms with Gasteiger partial charge < -0.3 is 4.43 Å². The van der Waals surface area contributed by atoms with E-state index in [0.717, 1.165) is 25.0 Å². The molecule has 0 amide bonds. The third-order valence-corrected chi connectivity index (χ3v) is 10.9. The minimum atomic E-state index is -1.93. The molecule has 1 saturated carbocycles. The Morgan fingerprint density at radius 1 is 1.04 bits per heavy atom. The molecule has 2 nitrogen and oxygen atoms in total. The van der Waals surface area contributed by atoms with Crippen LogP contribution in [0.1, 0.15) is 73.6 Å². The summed E-state index contributed by atoms with van der Waals surface area (Å²) in [7, 11) is -1.93. The van der Waals surface area contributed by atoms with E-state index in [2.05, 4.69) is 60.7 Å². The highest BCUT2D eigenvalue weighted by atomic mass is 28.4. The van der Waals surface area contributed by atoms with Gasteiger partial charge in [0.2, 0.25) is 8.32 Å². The second-order valence-electron chi connectivity index (χ2n) is 10.6. The van der Waals surface area contributed by atoms with Crippen LogP contribution in [0.3, 0.4) is 0 Å². The van der Waals surface area contributed by atoms with E-state index < -0.39 is 8.32 Å². The molecule has 3 heteroatoms. The molecule has 2 rings (SSSR count). The van der Waals surface area contributed by atoms with E-state index in [1.54, 1.807) is 0 Å². The minimum absolute atomic E-state index is 0.00859. The molecule has 0 aromatic carbocycles. The first-order valence-electron chi connectivity index (χ1n) is 9.76. The van der Waals surface area contributed by atoms with Crippen molar-refractivity contribution in [3.8, 4) is 0 Å². The average Bonchev–Trinajstić information content (AvgIpc) is 2.44. The van der Waals surface area contributed by atoms with E-state index in [0.29, 0.717) is 17.6 Å². The summed E-state index contributed by atoms with van der Waals surface area (Å²) >= 11 is 0. The van der Waals surface area contributed by atoms with Gasteiger partial charge in [-0.15, -0.1) is 0 Å². The highest BCUT2D eigenvalue weighted by Gasteiger charge is 2.44. The van der Waals surface area contributed by atoms with Gasteiger partial charge >= 0.3 is 0 Å². The number of carbonyl (C=O) groups is 1. The van der Waals surface area contributed by atoms with Crippen molar-refractivity contribution in [2.24, 2.45) is 23.2 Å². The molecule has 2 aliphatic carbocycles. The summed E-state index contributed by atoms with van der Waals surface area (Å²) in [6.07, 6.45) is 7.69. The third kappa shape index (κ3) is 4.15. The van der Waals surface area contributed by atoms with E-state index in [9.17, 15) is 4.79 Å². The van der Waals surface area contributed by atoms with Crippen molar-refractivity contribution in [2.75, 3.05) is 0 Å². The number of rotatable bonds is 2. The maximum Gasteiger partial charge on any atom is 0.250 e. The Bertz CT molecular complexity index is 505. The average molecular weight is 351 g/mol. The quantitative estimate of drug-likeness (QED) is 0.544. The van der Waals surface area contributed by atoms with E-state index in [1.807, 2.05) is 0 Å². The molecule has 0 aromatic heterocycles. The van der Waals surface area contributed by atoms with Crippen molar-refractivity contribution in [3.05, 3.63) is 11.8 Å². The zero-order valence-electron chi connectivity index (χ0n) is 17.2. The zero-order chi connectivity index (χ0) is 18.3. The van der Waals surface area contributed by atoms with Crippen molar-refractivity contribution < 1.29 is 9.22 Å². The first-order valence-corrected chi connectivity index (χ1v) is 12.7. The largest absolute Gasteiger partial charge is 0.546 e. The molecule has 2 aliphatic rings. The van der Waals surface area contributed by atoms with Gasteiger partial charge in [-0.1, -0.05) is 54.4 Å². The van der Waals surface area contributed by atoms with Crippen LogP contribution >= 0.6 is 0 Å². The molecule has 0 radical (unpaired) electrons. The lowest BCUT2D eigenvalue weighted by Crippen LogP contribution is -2.41. The van der Waals surface area contributed by atoms with Gasteiger partial charge in [0.1, 0.15) is 5.78 Å². The first kappa shape index (κ1) is 19.7. The van der Waals surface area contributed by atoms with Crippen LogP contribution in [0.15, 0.2) is 11.8 Å². The number of hydrogen-bond donors (Lipinski definition) is 0. The SMILES string of the molecule is CC(C)(C)[C@H]1C=C(O[Si](C)(C)C(C)(C)C)[C@@H]2CCCC[C@H]1CC2=O. The van der Waals surface area contributed by atoms with Gasteiger partial charge in [-0.2, -0.15) is 0 Å². The second kappa shape index (κ2) is 6.62. The van der Waals surface area contributed by atoms with Gasteiger partial charge in [-0.3, -0.25) is 4.79 Å². The molecule has 0 aromatic rings. The van der Waals surface area contributed by atoms with Crippen LogP contribution < -0.4 is 0 Å². The lowest BCUT2D eigenvalue weighted by atomic mass is 9.70. The Morgan fingerprint density at radius 2 is 1.62 bits per heavy atom. The fourth-order valence-electron chi connectivity index (χ4n) is 3.97. The lowest BCUT2D eigenvalue weighted by molar-refractivity contribution is -0.124. The zero-order valence-corrected chi connectivity index (χ0v) is 18.2. The number of ketones is 1. The molecule has 0 N–H and O–H groups in total. The number of hydrogen-bond acceptors (Lipinski definition) is 2. The number of fused-ring (bicyclic) bond motifs is 3. The van der Waals surface area contributed by atoms with E-state index in [4.69, 9.17) is 4.43 Å². The van der Waals surface area contributed by atoms with Crippen LogP contribution in [0.2, 0.25) is 18.1 Å². The molecule has 0 saturated heterocycles. The number of carbonyl (C=O) groups excluding carboxylic acids is 1. The summed E-state index contributed by atoms with van der Waals surface area (Å²) in [5.74, 6) is 2.38. The predicted molar refractivity (Wildman–Crippen MR) is 104 cm³/mol. The van der Waals surface area contributed by atoms with Crippen LogP contribution in [-0.2, 0) is 9.22 Å². The Hall–Kier alpha value is -0.573. The summed E-state index contributed by atoms with van der Waals surface area (Å²) in [5.41, 5.74) is 0.173. The third-order valence-electron chi connectivity index (χ3n) is 6.54. The molecule has 3 atom stereocenters. The second-order valence-corrected chi connectivity index (χ2v) is 15.3. The van der Waals surface area contributed by atoms with Crippen molar-refractivity contribution >= 4 is 14.1 Å². The van der Waals surface area contributed by atoms with Crippen LogP contribution in [-0.4, -0.2) is 14.1 Å². The summed E-state index contributed by atoms with van der Waals surface area (Å²) in [4.78, 5) is 13.0.